The lowest BCUT2D eigenvalue weighted by molar-refractivity contribution is -0.141. The average Bonchev–Trinajstić information content (AvgIpc) is 3.42. The van der Waals surface area contributed by atoms with Crippen molar-refractivity contribution in [3.8, 4) is 0 Å². The van der Waals surface area contributed by atoms with Gasteiger partial charge in [-0.15, -0.1) is 0 Å². The first kappa shape index (κ1) is 26.7. The Bertz CT molecular complexity index is 1450. The number of anilines is 1. The average molecular weight is 566 g/mol. The highest BCUT2D eigenvalue weighted by molar-refractivity contribution is 7.92. The van der Waals surface area contributed by atoms with Gasteiger partial charge >= 0.3 is 0 Å². The van der Waals surface area contributed by atoms with Crippen LogP contribution in [0.2, 0.25) is 5.02 Å². The van der Waals surface area contributed by atoms with Gasteiger partial charge in [0.2, 0.25) is 0 Å². The van der Waals surface area contributed by atoms with Crippen molar-refractivity contribution in [2.45, 2.75) is 54.0 Å². The Hall–Kier alpha value is -2.86. The third kappa shape index (κ3) is 4.72. The van der Waals surface area contributed by atoms with Crippen molar-refractivity contribution in [1.82, 2.24) is 9.97 Å². The van der Waals surface area contributed by atoms with Crippen molar-refractivity contribution in [1.29, 1.82) is 0 Å². The summed E-state index contributed by atoms with van der Waals surface area (Å²) in [6.07, 6.45) is 3.61. The number of fused-ring (bicyclic) bond motifs is 2. The molecule has 0 aliphatic heterocycles. The molecule has 1 aromatic heterocycles. The molecule has 0 radical (unpaired) electrons. The number of hydrogen-bond donors (Lipinski definition) is 4. The first-order chi connectivity index (χ1) is 18.0. The van der Waals surface area contributed by atoms with Crippen molar-refractivity contribution >= 4 is 33.0 Å². The fourth-order valence-corrected chi connectivity index (χ4v) is 8.32. The van der Waals surface area contributed by atoms with Crippen molar-refractivity contribution < 1.29 is 32.2 Å². The lowest BCUT2D eigenvalue weighted by Gasteiger charge is -2.45. The van der Waals surface area contributed by atoms with E-state index >= 15 is 0 Å². The maximum atomic E-state index is 13.7. The van der Waals surface area contributed by atoms with Crippen LogP contribution in [0.4, 0.5) is 14.5 Å². The Morgan fingerprint density at radius 3 is 2.50 bits per heavy atom. The summed E-state index contributed by atoms with van der Waals surface area (Å²) in [5.74, 6) is -3.27. The minimum absolute atomic E-state index is 0.00417. The number of H-pyrrole nitrogens is 1. The summed E-state index contributed by atoms with van der Waals surface area (Å²) in [4.78, 5) is 19.5. The number of carbonyl (C=O) groups excluding carboxylic acids is 1. The molecule has 2 fully saturated rings. The van der Waals surface area contributed by atoms with Crippen LogP contribution in [0, 0.1) is 23.5 Å². The Balaban J connectivity index is 1.36. The van der Waals surface area contributed by atoms with Gasteiger partial charge in [-0.3, -0.25) is 4.79 Å². The first-order valence-corrected chi connectivity index (χ1v) is 14.1. The molecule has 2 aliphatic carbocycles. The molecule has 2 bridgehead atoms. The number of halogens is 3. The van der Waals surface area contributed by atoms with Crippen LogP contribution in [0.15, 0.2) is 53.7 Å². The largest absolute Gasteiger partial charge is 0.390 e. The first-order valence-electron chi connectivity index (χ1n) is 12.2. The number of rotatable bonds is 7. The topological polar surface area (TPSA) is 132 Å². The lowest BCUT2D eigenvalue weighted by Crippen LogP contribution is -2.56. The van der Waals surface area contributed by atoms with Crippen LogP contribution in [-0.4, -0.2) is 51.5 Å². The summed E-state index contributed by atoms with van der Waals surface area (Å²) in [6, 6.07) is 6.68. The van der Waals surface area contributed by atoms with Crippen LogP contribution in [0.25, 0.3) is 0 Å². The quantitative estimate of drug-likeness (QED) is 0.344. The number of nitrogens with one attached hydrogen (secondary N) is 2. The summed E-state index contributed by atoms with van der Waals surface area (Å²) in [7, 11) is -4.02. The molecule has 12 heteroatoms. The van der Waals surface area contributed by atoms with Crippen LogP contribution in [0.5, 0.6) is 0 Å². The van der Waals surface area contributed by atoms with Gasteiger partial charge in [-0.25, -0.2) is 22.2 Å². The third-order valence-corrected chi connectivity index (χ3v) is 10.5. The minimum atomic E-state index is -4.02. The van der Waals surface area contributed by atoms with Gasteiger partial charge in [0.15, 0.2) is 21.5 Å². The van der Waals surface area contributed by atoms with E-state index in [-0.39, 0.29) is 40.4 Å². The van der Waals surface area contributed by atoms with Gasteiger partial charge in [0.05, 0.1) is 26.9 Å². The second-order valence-corrected chi connectivity index (χ2v) is 12.6. The molecule has 5 rings (SSSR count). The Morgan fingerprint density at radius 2 is 1.87 bits per heavy atom. The molecule has 3 atom stereocenters. The third-order valence-electron chi connectivity index (χ3n) is 7.86. The molecule has 4 N–H and O–H groups in total. The van der Waals surface area contributed by atoms with E-state index in [2.05, 4.69) is 15.3 Å². The number of nitrogens with zero attached hydrogens (tertiary/aromatic N) is 1. The van der Waals surface area contributed by atoms with Gasteiger partial charge in [0.25, 0.3) is 5.91 Å². The van der Waals surface area contributed by atoms with Crippen LogP contribution >= 0.6 is 11.6 Å². The highest BCUT2D eigenvalue weighted by atomic mass is 35.5. The number of aliphatic hydroxyl groups is 2. The lowest BCUT2D eigenvalue weighted by atomic mass is 9.70. The fraction of sp³-hybridized carbons (Fsp3) is 0.385. The molecular weight excluding hydrogens is 540 g/mol. The summed E-state index contributed by atoms with van der Waals surface area (Å²) in [5, 5.41) is 23.9. The summed E-state index contributed by atoms with van der Waals surface area (Å²) < 4.78 is 54.1. The zero-order valence-corrected chi connectivity index (χ0v) is 21.6. The number of amides is 1. The molecule has 3 unspecified atom stereocenters. The van der Waals surface area contributed by atoms with Crippen LogP contribution in [-0.2, 0) is 16.3 Å². The van der Waals surface area contributed by atoms with E-state index < -0.39 is 56.2 Å². The van der Waals surface area contributed by atoms with Gasteiger partial charge in [0, 0.05) is 36.1 Å². The van der Waals surface area contributed by atoms with Gasteiger partial charge in [-0.2, -0.15) is 0 Å². The van der Waals surface area contributed by atoms with Gasteiger partial charge in [0.1, 0.15) is 5.82 Å². The van der Waals surface area contributed by atoms with Crippen LogP contribution in [0.3, 0.4) is 0 Å². The smallest absolute Gasteiger partial charge is 0.255 e. The van der Waals surface area contributed by atoms with Crippen LogP contribution < -0.4 is 5.32 Å². The number of aliphatic hydroxyl groups excluding tert-OH is 1. The second-order valence-electron chi connectivity index (χ2n) is 9.98. The Kier molecular flexibility index (Phi) is 7.06. The second kappa shape index (κ2) is 10.0. The van der Waals surface area contributed by atoms with Crippen molar-refractivity contribution in [2.75, 3.05) is 5.32 Å². The number of carbonyl (C=O) groups is 1. The molecule has 38 heavy (non-hydrogen) atoms. The normalized spacial score (nSPS) is 25.8. The van der Waals surface area contributed by atoms with E-state index in [1.54, 1.807) is 12.4 Å². The van der Waals surface area contributed by atoms with E-state index in [1.165, 1.54) is 24.3 Å². The number of aromatic nitrogens is 2. The molecule has 1 amide bonds. The molecule has 8 nitrogen and oxygen atoms in total. The predicted molar refractivity (Wildman–Crippen MR) is 135 cm³/mol. The maximum Gasteiger partial charge on any atom is 0.255 e. The molecule has 2 aliphatic rings. The molecule has 1 heterocycles. The number of benzene rings is 2. The zero-order chi connectivity index (χ0) is 27.2. The minimum Gasteiger partial charge on any atom is -0.390 e. The molecule has 0 spiro atoms. The number of imidazole rings is 1. The van der Waals surface area contributed by atoms with Crippen molar-refractivity contribution in [3.63, 3.8) is 0 Å². The molecule has 3 aromatic rings. The molecular formula is C26H26ClF2N3O5S. The standard InChI is InChI=1S/C26H26ClF2N3O5S/c27-19-5-1-14(25(34)32-17-4-6-20(28)21(29)12-17)9-22(19)38(36,37)18-10-15-2-3-16(11-18)26(15,35)23(33)13-24-30-7-8-31-24/h1,4-9,12,15-16,18,23,33,35H,2-3,10-11,13H2,(H,30,31)(H,32,34)/t15?,16?,18-,23?,26-. The summed E-state index contributed by atoms with van der Waals surface area (Å²) in [6.45, 7) is 0. The number of sulfone groups is 1. The highest BCUT2D eigenvalue weighted by Crippen LogP contribution is 2.53. The highest BCUT2D eigenvalue weighted by Gasteiger charge is 2.59. The van der Waals surface area contributed by atoms with Gasteiger partial charge in [-0.05, 0) is 67.9 Å². The number of aromatic amines is 1. The van der Waals surface area contributed by atoms with E-state index in [4.69, 9.17) is 11.6 Å². The fourth-order valence-electron chi connectivity index (χ4n) is 5.92. The molecule has 2 aromatic carbocycles. The van der Waals surface area contributed by atoms with E-state index in [9.17, 15) is 32.2 Å². The number of hydrogen-bond acceptors (Lipinski definition) is 6. The van der Waals surface area contributed by atoms with E-state index in [0.29, 0.717) is 18.7 Å². The van der Waals surface area contributed by atoms with Crippen LogP contribution in [0.1, 0.15) is 41.9 Å². The SMILES string of the molecule is O=C(Nc1ccc(F)c(F)c1)c1ccc(Cl)c(S(=O)(=O)[C@H]2CC3CCC(C2)[C@]3(O)C(O)Cc2ncc[nH]2)c1. The van der Waals surface area contributed by atoms with Gasteiger partial charge in [-0.1, -0.05) is 11.6 Å². The molecule has 2 saturated carbocycles. The van der Waals surface area contributed by atoms with Crippen molar-refractivity contribution in [2.24, 2.45) is 11.8 Å². The van der Waals surface area contributed by atoms with E-state index in [1.807, 2.05) is 0 Å². The van der Waals surface area contributed by atoms with Gasteiger partial charge < -0.3 is 20.5 Å². The Morgan fingerprint density at radius 1 is 1.16 bits per heavy atom. The van der Waals surface area contributed by atoms with Crippen molar-refractivity contribution in [3.05, 3.63) is 76.8 Å². The summed E-state index contributed by atoms with van der Waals surface area (Å²) >= 11 is 6.28. The monoisotopic (exact) mass is 565 g/mol. The van der Waals surface area contributed by atoms with E-state index in [0.717, 1.165) is 12.1 Å². The molecule has 202 valence electrons. The molecule has 0 saturated heterocycles. The Labute approximate surface area is 223 Å². The maximum absolute atomic E-state index is 13.7. The predicted octanol–water partition coefficient (Wildman–Crippen LogP) is 3.89. The summed E-state index contributed by atoms with van der Waals surface area (Å²) in [5.41, 5.74) is -1.46. The zero-order valence-electron chi connectivity index (χ0n) is 20.1.